The molecule has 0 saturated carbocycles. The number of piperidine rings is 1. The molecule has 1 fully saturated rings. The first kappa shape index (κ1) is 23.0. The van der Waals surface area contributed by atoms with Gasteiger partial charge in [-0.2, -0.15) is 0 Å². The zero-order valence-corrected chi connectivity index (χ0v) is 20.3. The third-order valence-electron chi connectivity index (χ3n) is 5.53. The number of amides is 1. The van der Waals surface area contributed by atoms with Crippen molar-refractivity contribution in [2.75, 3.05) is 25.0 Å². The average Bonchev–Trinajstić information content (AvgIpc) is 3.21. The highest BCUT2D eigenvalue weighted by molar-refractivity contribution is 14.2. The molecule has 1 N–H and O–H groups in total. The molecule has 11 heteroatoms. The molecular weight excluding hydrogens is 551 g/mol. The van der Waals surface area contributed by atoms with E-state index < -0.39 is 24.5 Å². The van der Waals surface area contributed by atoms with E-state index in [2.05, 4.69) is 36.5 Å². The SMILES string of the molecule is Cc1ccc(COC(=O)N2CCC(CNc3ncnc4c3ccn4SI)C(F)(F)C2)cc1. The zero-order chi connectivity index (χ0) is 22.7. The molecule has 2 aromatic heterocycles. The summed E-state index contributed by atoms with van der Waals surface area (Å²) in [4.78, 5) is 21.9. The van der Waals surface area contributed by atoms with E-state index in [0.717, 1.165) is 27.1 Å². The fraction of sp³-hybridized carbons (Fsp3) is 0.381. The first-order valence-corrected chi connectivity index (χ1v) is 13.4. The number of carbonyl (C=O) groups excluding carboxylic acids is 1. The number of ether oxygens (including phenoxy) is 1. The number of halogens is 3. The van der Waals surface area contributed by atoms with Gasteiger partial charge in [0.05, 0.1) is 11.9 Å². The minimum absolute atomic E-state index is 0.0495. The lowest BCUT2D eigenvalue weighted by Gasteiger charge is -2.37. The molecule has 1 aromatic carbocycles. The normalized spacial score (nSPS) is 18.0. The van der Waals surface area contributed by atoms with Crippen molar-refractivity contribution < 1.29 is 18.3 Å². The minimum atomic E-state index is -3.04. The topological polar surface area (TPSA) is 72.3 Å². The van der Waals surface area contributed by atoms with Gasteiger partial charge in [-0.1, -0.05) is 29.8 Å². The molecule has 3 aromatic rings. The van der Waals surface area contributed by atoms with Crippen molar-refractivity contribution in [1.29, 1.82) is 0 Å². The quantitative estimate of drug-likeness (QED) is 0.404. The molecule has 0 radical (unpaired) electrons. The minimum Gasteiger partial charge on any atom is -0.445 e. The van der Waals surface area contributed by atoms with Crippen molar-refractivity contribution in [2.45, 2.75) is 25.9 Å². The summed E-state index contributed by atoms with van der Waals surface area (Å²) < 4.78 is 36.8. The molecule has 1 unspecified atom stereocenters. The third-order valence-corrected chi connectivity index (χ3v) is 7.24. The van der Waals surface area contributed by atoms with Crippen molar-refractivity contribution >= 4 is 53.3 Å². The second-order valence-corrected chi connectivity index (χ2v) is 9.47. The van der Waals surface area contributed by atoms with Crippen LogP contribution in [-0.2, 0) is 11.3 Å². The first-order valence-electron chi connectivity index (χ1n) is 10.1. The molecule has 7 nitrogen and oxygen atoms in total. The molecule has 0 bridgehead atoms. The predicted molar refractivity (Wildman–Crippen MR) is 129 cm³/mol. The van der Waals surface area contributed by atoms with Gasteiger partial charge in [-0.15, -0.1) is 0 Å². The van der Waals surface area contributed by atoms with Crippen LogP contribution in [0.5, 0.6) is 0 Å². The summed E-state index contributed by atoms with van der Waals surface area (Å²) in [5.74, 6) is -3.44. The Balaban J connectivity index is 1.33. The number of fused-ring (bicyclic) bond motifs is 1. The van der Waals surface area contributed by atoms with Crippen LogP contribution in [0.1, 0.15) is 17.5 Å². The van der Waals surface area contributed by atoms with E-state index in [1.165, 1.54) is 15.4 Å². The van der Waals surface area contributed by atoms with E-state index in [4.69, 9.17) is 4.74 Å². The molecule has 1 aliphatic rings. The third kappa shape index (κ3) is 5.08. The highest BCUT2D eigenvalue weighted by atomic mass is 127. The lowest BCUT2D eigenvalue weighted by molar-refractivity contribution is -0.101. The number of aryl methyl sites for hydroxylation is 1. The fourth-order valence-corrected chi connectivity index (χ4v) is 4.93. The molecule has 4 rings (SSSR count). The van der Waals surface area contributed by atoms with Crippen LogP contribution in [0.3, 0.4) is 0 Å². The number of likely N-dealkylation sites (tertiary alicyclic amines) is 1. The number of nitrogens with zero attached hydrogens (tertiary/aromatic N) is 4. The van der Waals surface area contributed by atoms with Gasteiger partial charge in [0, 0.05) is 55.5 Å². The van der Waals surface area contributed by atoms with Crippen LogP contribution >= 0.6 is 30.3 Å². The van der Waals surface area contributed by atoms with Gasteiger partial charge in [0.2, 0.25) is 0 Å². The van der Waals surface area contributed by atoms with Crippen LogP contribution in [0.2, 0.25) is 0 Å². The van der Waals surface area contributed by atoms with E-state index in [9.17, 15) is 13.6 Å². The number of anilines is 1. The van der Waals surface area contributed by atoms with Gasteiger partial charge >= 0.3 is 6.09 Å². The van der Waals surface area contributed by atoms with Gasteiger partial charge in [0.25, 0.3) is 5.92 Å². The van der Waals surface area contributed by atoms with Crippen LogP contribution in [0, 0.1) is 12.8 Å². The second-order valence-electron chi connectivity index (χ2n) is 7.76. The largest absolute Gasteiger partial charge is 0.445 e. The number of benzene rings is 1. The standard InChI is InChI=1S/C21H22F2IN5O2S/c1-14-2-4-15(5-3-14)11-31-20(30)28-8-6-16(21(22,23)12-28)10-25-18-17-7-9-29(32-24)19(17)27-13-26-18/h2-5,7,9,13,16H,6,8,10-12H2,1H3,(H,25,26,27). The van der Waals surface area contributed by atoms with Gasteiger partial charge in [0.1, 0.15) is 18.8 Å². The summed E-state index contributed by atoms with van der Waals surface area (Å²) in [5.41, 5.74) is 2.64. The first-order chi connectivity index (χ1) is 15.4. The number of carbonyl (C=O) groups is 1. The molecule has 1 amide bonds. The number of nitrogens with one attached hydrogen (secondary N) is 1. The van der Waals surface area contributed by atoms with Crippen molar-refractivity contribution in [3.63, 3.8) is 0 Å². The molecule has 1 saturated heterocycles. The number of alkyl halides is 2. The van der Waals surface area contributed by atoms with Crippen molar-refractivity contribution in [3.8, 4) is 0 Å². The van der Waals surface area contributed by atoms with E-state index in [-0.39, 0.29) is 26.1 Å². The number of hydrogen-bond donors (Lipinski definition) is 1. The summed E-state index contributed by atoms with van der Waals surface area (Å²) in [7, 11) is 1.46. The van der Waals surface area contributed by atoms with Crippen molar-refractivity contribution in [2.24, 2.45) is 5.92 Å². The predicted octanol–water partition coefficient (Wildman–Crippen LogP) is 5.29. The maximum absolute atomic E-state index is 14.8. The highest BCUT2D eigenvalue weighted by Crippen LogP contribution is 2.34. The second kappa shape index (κ2) is 9.77. The number of hydrogen-bond acceptors (Lipinski definition) is 6. The smallest absolute Gasteiger partial charge is 0.410 e. The highest BCUT2D eigenvalue weighted by Gasteiger charge is 2.46. The Morgan fingerprint density at radius 2 is 2.09 bits per heavy atom. The molecule has 170 valence electrons. The van der Waals surface area contributed by atoms with Crippen molar-refractivity contribution in [3.05, 3.63) is 54.0 Å². The molecule has 0 aliphatic carbocycles. The van der Waals surface area contributed by atoms with Gasteiger partial charge in [-0.25, -0.2) is 23.5 Å². The van der Waals surface area contributed by atoms with Crippen LogP contribution in [-0.4, -0.2) is 50.5 Å². The number of rotatable bonds is 6. The average molecular weight is 573 g/mol. The zero-order valence-electron chi connectivity index (χ0n) is 17.3. The summed E-state index contributed by atoms with van der Waals surface area (Å²) in [6, 6.07) is 9.39. The summed E-state index contributed by atoms with van der Waals surface area (Å²) in [5, 5.41) is 3.83. The Morgan fingerprint density at radius 1 is 1.31 bits per heavy atom. The Labute approximate surface area is 200 Å². The van der Waals surface area contributed by atoms with Gasteiger partial charge in [-0.3, -0.25) is 3.97 Å². The summed E-state index contributed by atoms with van der Waals surface area (Å²) in [6.45, 7) is 1.63. The molecule has 3 heterocycles. The van der Waals surface area contributed by atoms with Crippen LogP contribution < -0.4 is 5.32 Å². The molecule has 32 heavy (non-hydrogen) atoms. The van der Waals surface area contributed by atoms with Crippen LogP contribution in [0.4, 0.5) is 19.4 Å². The Hall–Kier alpha value is -2.15. The Bertz CT molecular complexity index is 1100. The lowest BCUT2D eigenvalue weighted by Crippen LogP contribution is -2.52. The Morgan fingerprint density at radius 3 is 2.81 bits per heavy atom. The monoisotopic (exact) mass is 573 g/mol. The molecule has 1 atom stereocenters. The van der Waals surface area contributed by atoms with E-state index in [1.807, 2.05) is 47.4 Å². The maximum Gasteiger partial charge on any atom is 0.410 e. The van der Waals surface area contributed by atoms with Gasteiger partial charge < -0.3 is 15.0 Å². The van der Waals surface area contributed by atoms with Gasteiger partial charge in [-0.05, 0) is 25.0 Å². The maximum atomic E-state index is 14.8. The Kier molecular flexibility index (Phi) is 7.03. The van der Waals surface area contributed by atoms with Crippen molar-refractivity contribution in [1.82, 2.24) is 18.8 Å². The lowest BCUT2D eigenvalue weighted by atomic mass is 9.93. The van der Waals surface area contributed by atoms with Crippen LogP contribution in [0.25, 0.3) is 11.0 Å². The van der Waals surface area contributed by atoms with E-state index >= 15 is 0 Å². The van der Waals surface area contributed by atoms with E-state index in [0.29, 0.717) is 5.82 Å². The molecular formula is C21H22F2IN5O2S. The molecule has 1 aliphatic heterocycles. The summed E-state index contributed by atoms with van der Waals surface area (Å²) in [6.07, 6.45) is 2.72. The van der Waals surface area contributed by atoms with Crippen LogP contribution in [0.15, 0.2) is 42.9 Å². The summed E-state index contributed by atoms with van der Waals surface area (Å²) >= 11 is 2.15. The fourth-order valence-electron chi connectivity index (χ4n) is 3.66. The van der Waals surface area contributed by atoms with Gasteiger partial charge in [0.15, 0.2) is 5.65 Å². The molecule has 0 spiro atoms. The van der Waals surface area contributed by atoms with E-state index in [1.54, 1.807) is 0 Å². The number of aromatic nitrogens is 3.